The van der Waals surface area contributed by atoms with Crippen LogP contribution in [0.1, 0.15) is 6.92 Å². The van der Waals surface area contributed by atoms with Crippen molar-refractivity contribution in [3.05, 3.63) is 0 Å². The van der Waals surface area contributed by atoms with E-state index in [1.54, 1.807) is 0 Å². The lowest BCUT2D eigenvalue weighted by Crippen LogP contribution is -2.55. The SMILES string of the molecule is CN1CCN(C)C(CNCC2(C)COC2)C1. The minimum absolute atomic E-state index is 0.388. The quantitative estimate of drug-likeness (QED) is 0.723. The predicted molar refractivity (Wildman–Crippen MR) is 65.7 cm³/mol. The van der Waals surface area contributed by atoms with E-state index < -0.39 is 0 Å². The zero-order valence-corrected chi connectivity index (χ0v) is 10.8. The number of ether oxygens (including phenoxy) is 1. The van der Waals surface area contributed by atoms with Crippen molar-refractivity contribution in [2.24, 2.45) is 5.41 Å². The molecule has 1 unspecified atom stereocenters. The van der Waals surface area contributed by atoms with E-state index in [1.165, 1.54) is 19.6 Å². The molecule has 0 amide bonds. The second-order valence-corrected chi connectivity index (χ2v) is 5.83. The lowest BCUT2D eigenvalue weighted by molar-refractivity contribution is -0.0995. The third-order valence-electron chi connectivity index (χ3n) is 3.81. The molecular weight excluding hydrogens is 202 g/mol. The van der Waals surface area contributed by atoms with Crippen molar-refractivity contribution in [3.8, 4) is 0 Å². The molecule has 1 atom stereocenters. The maximum absolute atomic E-state index is 5.26. The molecule has 4 nitrogen and oxygen atoms in total. The second-order valence-electron chi connectivity index (χ2n) is 5.83. The first-order valence-electron chi connectivity index (χ1n) is 6.26. The molecule has 16 heavy (non-hydrogen) atoms. The van der Waals surface area contributed by atoms with Gasteiger partial charge in [0.25, 0.3) is 0 Å². The average Bonchev–Trinajstić information content (AvgIpc) is 2.21. The fourth-order valence-corrected chi connectivity index (χ4v) is 2.41. The van der Waals surface area contributed by atoms with Gasteiger partial charge in [0.05, 0.1) is 13.2 Å². The van der Waals surface area contributed by atoms with E-state index in [1.807, 2.05) is 0 Å². The Morgan fingerprint density at radius 2 is 2.06 bits per heavy atom. The summed E-state index contributed by atoms with van der Waals surface area (Å²) < 4.78 is 5.26. The van der Waals surface area contributed by atoms with Crippen LogP contribution in [-0.2, 0) is 4.74 Å². The molecule has 2 fully saturated rings. The van der Waals surface area contributed by atoms with Crippen molar-refractivity contribution < 1.29 is 4.74 Å². The van der Waals surface area contributed by atoms with Crippen LogP contribution in [0.5, 0.6) is 0 Å². The van der Waals surface area contributed by atoms with Crippen molar-refractivity contribution in [3.63, 3.8) is 0 Å². The summed E-state index contributed by atoms with van der Waals surface area (Å²) in [6.45, 7) is 9.86. The van der Waals surface area contributed by atoms with Gasteiger partial charge < -0.3 is 15.0 Å². The first-order chi connectivity index (χ1) is 7.59. The summed E-state index contributed by atoms with van der Waals surface area (Å²) >= 11 is 0. The van der Waals surface area contributed by atoms with E-state index in [0.29, 0.717) is 11.5 Å². The highest BCUT2D eigenvalue weighted by Crippen LogP contribution is 2.25. The molecule has 0 aromatic rings. The van der Waals surface area contributed by atoms with Crippen LogP contribution in [0, 0.1) is 5.41 Å². The Bertz CT molecular complexity index is 230. The number of hydrogen-bond acceptors (Lipinski definition) is 4. The molecule has 0 aromatic carbocycles. The van der Waals surface area contributed by atoms with E-state index in [4.69, 9.17) is 4.74 Å². The van der Waals surface area contributed by atoms with Gasteiger partial charge in [0.15, 0.2) is 0 Å². The first kappa shape index (κ1) is 12.3. The van der Waals surface area contributed by atoms with Gasteiger partial charge in [0.1, 0.15) is 0 Å². The Hall–Kier alpha value is -0.160. The van der Waals surface area contributed by atoms with Crippen LogP contribution in [-0.4, -0.2) is 75.9 Å². The Morgan fingerprint density at radius 1 is 1.31 bits per heavy atom. The predicted octanol–water partition coefficient (Wildman–Crippen LogP) is -0.142. The topological polar surface area (TPSA) is 27.7 Å². The van der Waals surface area contributed by atoms with E-state index in [2.05, 4.69) is 36.1 Å². The number of hydrogen-bond donors (Lipinski definition) is 1. The zero-order chi connectivity index (χ0) is 11.6. The zero-order valence-electron chi connectivity index (χ0n) is 10.8. The van der Waals surface area contributed by atoms with Crippen molar-refractivity contribution in [1.82, 2.24) is 15.1 Å². The Morgan fingerprint density at radius 3 is 2.69 bits per heavy atom. The second kappa shape index (κ2) is 5.00. The molecule has 0 spiro atoms. The summed E-state index contributed by atoms with van der Waals surface area (Å²) in [6.07, 6.45) is 0. The molecule has 2 heterocycles. The number of likely N-dealkylation sites (N-methyl/N-ethyl adjacent to an activating group) is 2. The summed E-state index contributed by atoms with van der Waals surface area (Å²) in [5, 5.41) is 3.60. The molecule has 2 rings (SSSR count). The smallest absolute Gasteiger partial charge is 0.0554 e. The van der Waals surface area contributed by atoms with Crippen molar-refractivity contribution in [1.29, 1.82) is 0 Å². The van der Waals surface area contributed by atoms with Crippen LogP contribution in [0.2, 0.25) is 0 Å². The number of rotatable bonds is 4. The lowest BCUT2D eigenvalue weighted by atomic mass is 9.89. The molecule has 0 aromatic heterocycles. The standard InChI is InChI=1S/C12H25N3O/c1-12(9-16-10-12)8-13-6-11-7-14(2)4-5-15(11)3/h11,13H,4-10H2,1-3H3. The lowest BCUT2D eigenvalue weighted by Gasteiger charge is -2.41. The molecule has 0 aliphatic carbocycles. The van der Waals surface area contributed by atoms with Gasteiger partial charge in [-0.1, -0.05) is 6.92 Å². The van der Waals surface area contributed by atoms with Gasteiger partial charge in [-0.2, -0.15) is 0 Å². The van der Waals surface area contributed by atoms with E-state index in [9.17, 15) is 0 Å². The van der Waals surface area contributed by atoms with E-state index in [-0.39, 0.29) is 0 Å². The normalized spacial score (nSPS) is 31.3. The molecule has 4 heteroatoms. The van der Waals surface area contributed by atoms with Crippen LogP contribution in [0.3, 0.4) is 0 Å². The molecule has 2 saturated heterocycles. The van der Waals surface area contributed by atoms with Crippen LogP contribution in [0.15, 0.2) is 0 Å². The first-order valence-corrected chi connectivity index (χ1v) is 6.26. The fraction of sp³-hybridized carbons (Fsp3) is 1.00. The van der Waals surface area contributed by atoms with E-state index >= 15 is 0 Å². The number of nitrogens with one attached hydrogen (secondary N) is 1. The fourth-order valence-electron chi connectivity index (χ4n) is 2.41. The van der Waals surface area contributed by atoms with Gasteiger partial charge in [-0.3, -0.25) is 4.90 Å². The van der Waals surface area contributed by atoms with Crippen molar-refractivity contribution >= 4 is 0 Å². The van der Waals surface area contributed by atoms with Crippen molar-refractivity contribution in [2.45, 2.75) is 13.0 Å². The maximum Gasteiger partial charge on any atom is 0.0554 e. The minimum Gasteiger partial charge on any atom is -0.380 e. The van der Waals surface area contributed by atoms with Gasteiger partial charge in [-0.25, -0.2) is 0 Å². The average molecular weight is 227 g/mol. The van der Waals surface area contributed by atoms with Crippen LogP contribution < -0.4 is 5.32 Å². The summed E-state index contributed by atoms with van der Waals surface area (Å²) in [7, 11) is 4.44. The Balaban J connectivity index is 1.68. The summed E-state index contributed by atoms with van der Waals surface area (Å²) in [4.78, 5) is 4.88. The number of piperazine rings is 1. The van der Waals surface area contributed by atoms with Crippen LogP contribution in [0.25, 0.3) is 0 Å². The van der Waals surface area contributed by atoms with Gasteiger partial charge in [0, 0.05) is 44.2 Å². The third-order valence-corrected chi connectivity index (χ3v) is 3.81. The maximum atomic E-state index is 5.26. The molecule has 0 saturated carbocycles. The van der Waals surface area contributed by atoms with Crippen molar-refractivity contribution in [2.75, 3.05) is 60.0 Å². The van der Waals surface area contributed by atoms with Crippen LogP contribution in [0.4, 0.5) is 0 Å². The highest BCUT2D eigenvalue weighted by molar-refractivity contribution is 4.85. The van der Waals surface area contributed by atoms with Gasteiger partial charge in [-0.05, 0) is 14.1 Å². The summed E-state index contributed by atoms with van der Waals surface area (Å²) in [6, 6.07) is 0.656. The van der Waals surface area contributed by atoms with Crippen LogP contribution >= 0.6 is 0 Å². The monoisotopic (exact) mass is 227 g/mol. The summed E-state index contributed by atoms with van der Waals surface area (Å²) in [5.41, 5.74) is 0.388. The molecule has 0 radical (unpaired) electrons. The molecular formula is C12H25N3O. The Labute approximate surface area is 98.9 Å². The third kappa shape index (κ3) is 2.94. The van der Waals surface area contributed by atoms with Gasteiger partial charge in [0.2, 0.25) is 0 Å². The van der Waals surface area contributed by atoms with Gasteiger partial charge in [-0.15, -0.1) is 0 Å². The molecule has 2 aliphatic heterocycles. The Kier molecular flexibility index (Phi) is 3.85. The number of nitrogens with zero attached hydrogens (tertiary/aromatic N) is 2. The highest BCUT2D eigenvalue weighted by Gasteiger charge is 2.33. The van der Waals surface area contributed by atoms with Gasteiger partial charge >= 0.3 is 0 Å². The molecule has 94 valence electrons. The largest absolute Gasteiger partial charge is 0.380 e. The van der Waals surface area contributed by atoms with E-state index in [0.717, 1.165) is 26.3 Å². The molecule has 0 bridgehead atoms. The summed E-state index contributed by atoms with van der Waals surface area (Å²) in [5.74, 6) is 0. The molecule has 2 aliphatic rings. The highest BCUT2D eigenvalue weighted by atomic mass is 16.5. The minimum atomic E-state index is 0.388. The molecule has 1 N–H and O–H groups in total.